The van der Waals surface area contributed by atoms with E-state index in [-0.39, 0.29) is 17.7 Å². The second kappa shape index (κ2) is 10.3. The molecule has 31 heavy (non-hydrogen) atoms. The highest BCUT2D eigenvalue weighted by atomic mass is 32.2. The number of thiocarbonyl (C=S) groups is 1. The second-order valence-electron chi connectivity index (χ2n) is 7.30. The number of thioether (sulfide) groups is 1. The maximum absolute atomic E-state index is 13.2. The smallest absolute Gasteiger partial charge is 0.253 e. The molecular weight excluding hydrogens is 430 g/mol. The van der Waals surface area contributed by atoms with Crippen molar-refractivity contribution in [3.8, 4) is 5.75 Å². The Kier molecular flexibility index (Phi) is 7.21. The first-order valence-electron chi connectivity index (χ1n) is 10.2. The Morgan fingerprint density at radius 1 is 1.16 bits per heavy atom. The van der Waals surface area contributed by atoms with Crippen LogP contribution in [0.3, 0.4) is 0 Å². The average molecular weight is 456 g/mol. The fraction of sp³-hybridized carbons (Fsp3) is 0.348. The van der Waals surface area contributed by atoms with Crippen LogP contribution in [0, 0.1) is 0 Å². The zero-order valence-electron chi connectivity index (χ0n) is 17.4. The van der Waals surface area contributed by atoms with Gasteiger partial charge in [0.25, 0.3) is 5.91 Å². The summed E-state index contributed by atoms with van der Waals surface area (Å²) in [5, 5.41) is 6.35. The molecule has 6 nitrogen and oxygen atoms in total. The number of hydrazone groups is 1. The maximum atomic E-state index is 13.2. The number of carbonyl (C=O) groups excluding carboxylic acids is 1. The Bertz CT molecular complexity index is 944. The molecule has 0 unspecified atom stereocenters. The quantitative estimate of drug-likeness (QED) is 0.641. The Morgan fingerprint density at radius 2 is 1.87 bits per heavy atom. The summed E-state index contributed by atoms with van der Waals surface area (Å²) in [5.74, 6) is 0.997. The molecule has 0 bridgehead atoms. The van der Waals surface area contributed by atoms with Crippen LogP contribution in [0.25, 0.3) is 0 Å². The van der Waals surface area contributed by atoms with Gasteiger partial charge in [-0.2, -0.15) is 5.10 Å². The number of amides is 1. The van der Waals surface area contributed by atoms with Crippen molar-refractivity contribution in [2.45, 2.75) is 12.5 Å². The lowest BCUT2D eigenvalue weighted by Crippen LogP contribution is -2.39. The van der Waals surface area contributed by atoms with Crippen LogP contribution in [0.4, 0.5) is 0 Å². The van der Waals surface area contributed by atoms with Crippen molar-refractivity contribution in [3.63, 3.8) is 0 Å². The number of hydrogen-bond acceptors (Lipinski definition) is 6. The largest absolute Gasteiger partial charge is 0.497 e. The van der Waals surface area contributed by atoms with Crippen LogP contribution in [0.5, 0.6) is 5.75 Å². The maximum Gasteiger partial charge on any atom is 0.253 e. The average Bonchev–Trinajstić information content (AvgIpc) is 3.29. The van der Waals surface area contributed by atoms with E-state index in [1.54, 1.807) is 12.1 Å². The monoisotopic (exact) mass is 455 g/mol. The van der Waals surface area contributed by atoms with Crippen molar-refractivity contribution < 1.29 is 14.3 Å². The minimum Gasteiger partial charge on any atom is -0.497 e. The van der Waals surface area contributed by atoms with E-state index in [0.717, 1.165) is 40.0 Å². The van der Waals surface area contributed by atoms with E-state index in [0.29, 0.717) is 19.6 Å². The predicted octanol–water partition coefficient (Wildman–Crippen LogP) is 3.72. The van der Waals surface area contributed by atoms with Crippen LogP contribution in [0.15, 0.2) is 59.7 Å². The highest BCUT2D eigenvalue weighted by molar-refractivity contribution is 8.23. The molecule has 0 aliphatic carbocycles. The highest BCUT2D eigenvalue weighted by Crippen LogP contribution is 2.34. The van der Waals surface area contributed by atoms with Crippen molar-refractivity contribution in [2.24, 2.45) is 5.10 Å². The van der Waals surface area contributed by atoms with Crippen molar-refractivity contribution in [2.75, 3.05) is 39.2 Å². The van der Waals surface area contributed by atoms with E-state index in [4.69, 9.17) is 26.8 Å². The molecule has 1 saturated heterocycles. The lowest BCUT2D eigenvalue weighted by atomic mass is 9.98. The number of morpholine rings is 1. The van der Waals surface area contributed by atoms with Crippen molar-refractivity contribution in [1.29, 1.82) is 0 Å². The minimum atomic E-state index is -0.147. The Labute approximate surface area is 192 Å². The summed E-state index contributed by atoms with van der Waals surface area (Å²) in [5.41, 5.74) is 2.98. The zero-order valence-corrected chi connectivity index (χ0v) is 19.0. The fourth-order valence-electron chi connectivity index (χ4n) is 3.66. The Balaban J connectivity index is 1.50. The van der Waals surface area contributed by atoms with E-state index in [2.05, 4.69) is 4.90 Å². The molecule has 1 amide bonds. The van der Waals surface area contributed by atoms with E-state index in [1.165, 1.54) is 11.8 Å². The molecule has 2 heterocycles. The normalized spacial score (nSPS) is 18.6. The van der Waals surface area contributed by atoms with Crippen molar-refractivity contribution in [3.05, 3.63) is 65.7 Å². The minimum absolute atomic E-state index is 0.0487. The van der Waals surface area contributed by atoms with Gasteiger partial charge < -0.3 is 14.4 Å². The fourth-order valence-corrected chi connectivity index (χ4v) is 4.76. The molecule has 2 aromatic rings. The van der Waals surface area contributed by atoms with Crippen molar-refractivity contribution in [1.82, 2.24) is 9.91 Å². The molecule has 2 aliphatic heterocycles. The van der Waals surface area contributed by atoms with Gasteiger partial charge in [0.1, 0.15) is 10.1 Å². The van der Waals surface area contributed by atoms with Gasteiger partial charge in [-0.3, -0.25) is 4.79 Å². The number of nitrogens with zero attached hydrogens (tertiary/aromatic N) is 3. The van der Waals surface area contributed by atoms with Gasteiger partial charge in [0.15, 0.2) is 0 Å². The zero-order chi connectivity index (χ0) is 21.6. The molecule has 0 saturated carbocycles. The SMILES string of the molecule is COc1ccc([C@@H]2CC(c3ccccc3)=NN2C(=O)CSC(=S)N2CCOCC2)cc1. The molecule has 162 valence electrons. The van der Waals surface area contributed by atoms with Gasteiger partial charge in [0.2, 0.25) is 0 Å². The van der Waals surface area contributed by atoms with E-state index < -0.39 is 0 Å². The van der Waals surface area contributed by atoms with Gasteiger partial charge >= 0.3 is 0 Å². The van der Waals surface area contributed by atoms with Crippen LogP contribution in [0.2, 0.25) is 0 Å². The number of methoxy groups -OCH3 is 1. The van der Waals surface area contributed by atoms with E-state index in [1.807, 2.05) is 54.6 Å². The molecule has 4 rings (SSSR count). The molecule has 2 aromatic carbocycles. The number of benzene rings is 2. The first-order chi connectivity index (χ1) is 15.2. The third-order valence-corrected chi connectivity index (χ3v) is 6.87. The number of ether oxygens (including phenoxy) is 2. The lowest BCUT2D eigenvalue weighted by molar-refractivity contribution is -0.130. The summed E-state index contributed by atoms with van der Waals surface area (Å²) in [6.45, 7) is 2.89. The van der Waals surface area contributed by atoms with Crippen LogP contribution in [-0.2, 0) is 9.53 Å². The molecule has 2 aliphatic rings. The molecule has 1 atom stereocenters. The molecular formula is C23H25N3O3S2. The molecule has 8 heteroatoms. The van der Waals surface area contributed by atoms with Gasteiger partial charge in [0, 0.05) is 19.5 Å². The van der Waals surface area contributed by atoms with E-state index >= 15 is 0 Å². The summed E-state index contributed by atoms with van der Waals surface area (Å²) in [4.78, 5) is 15.3. The number of carbonyl (C=O) groups is 1. The topological polar surface area (TPSA) is 54.4 Å². The predicted molar refractivity (Wildman–Crippen MR) is 128 cm³/mol. The molecule has 0 spiro atoms. The number of hydrogen-bond donors (Lipinski definition) is 0. The van der Waals surface area contributed by atoms with Gasteiger partial charge in [-0.25, -0.2) is 5.01 Å². The molecule has 0 aromatic heterocycles. The molecule has 1 fully saturated rings. The van der Waals surface area contributed by atoms with Gasteiger partial charge in [0.05, 0.1) is 37.8 Å². The van der Waals surface area contributed by atoms with Gasteiger partial charge in [-0.15, -0.1) is 0 Å². The Morgan fingerprint density at radius 3 is 2.55 bits per heavy atom. The highest BCUT2D eigenvalue weighted by Gasteiger charge is 2.33. The Hall–Kier alpha value is -2.42. The standard InChI is InChI=1S/C23H25N3O3S2/c1-28-19-9-7-18(8-10-19)21-15-20(17-5-3-2-4-6-17)24-26(21)22(27)16-31-23(30)25-11-13-29-14-12-25/h2-10,21H,11-16H2,1H3/t21-/m0/s1. The summed E-state index contributed by atoms with van der Waals surface area (Å²) < 4.78 is 11.4. The summed E-state index contributed by atoms with van der Waals surface area (Å²) in [6, 6.07) is 17.7. The molecule has 0 radical (unpaired) electrons. The molecule has 0 N–H and O–H groups in total. The third kappa shape index (κ3) is 5.26. The van der Waals surface area contributed by atoms with Crippen molar-refractivity contribution >= 4 is 39.9 Å². The first kappa shape index (κ1) is 21.8. The van der Waals surface area contributed by atoms with Gasteiger partial charge in [-0.05, 0) is 23.3 Å². The summed E-state index contributed by atoms with van der Waals surface area (Å²) in [6.07, 6.45) is 0.667. The first-order valence-corrected chi connectivity index (χ1v) is 11.6. The number of rotatable bonds is 5. The summed E-state index contributed by atoms with van der Waals surface area (Å²) >= 11 is 6.93. The van der Waals surface area contributed by atoms with Crippen LogP contribution >= 0.6 is 24.0 Å². The van der Waals surface area contributed by atoms with Crippen LogP contribution in [-0.4, -0.2) is 65.0 Å². The summed E-state index contributed by atoms with van der Waals surface area (Å²) in [7, 11) is 1.64. The van der Waals surface area contributed by atoms with Gasteiger partial charge in [-0.1, -0.05) is 66.4 Å². The van der Waals surface area contributed by atoms with E-state index in [9.17, 15) is 4.79 Å². The second-order valence-corrected chi connectivity index (χ2v) is 8.91. The lowest BCUT2D eigenvalue weighted by Gasteiger charge is -2.29. The van der Waals surface area contributed by atoms with Crippen LogP contribution < -0.4 is 4.74 Å². The van der Waals surface area contributed by atoms with Crippen LogP contribution in [0.1, 0.15) is 23.6 Å². The third-order valence-electron chi connectivity index (χ3n) is 5.36.